The third kappa shape index (κ3) is 1.73. The van der Waals surface area contributed by atoms with E-state index in [0.717, 1.165) is 16.1 Å². The molecule has 14 heavy (non-hydrogen) atoms. The van der Waals surface area contributed by atoms with Crippen molar-refractivity contribution in [1.82, 2.24) is 15.0 Å². The first kappa shape index (κ1) is 9.48. The van der Waals surface area contributed by atoms with Crippen molar-refractivity contribution in [1.29, 1.82) is 0 Å². The molecule has 1 unspecified atom stereocenters. The van der Waals surface area contributed by atoms with Crippen LogP contribution in [0.3, 0.4) is 0 Å². The summed E-state index contributed by atoms with van der Waals surface area (Å²) in [5.41, 5.74) is 6.79. The van der Waals surface area contributed by atoms with Crippen LogP contribution in [0.2, 0.25) is 0 Å². The number of aromatic amines is 2. The molecule has 0 radical (unpaired) electrons. The molecular weight excluding hydrogens is 244 g/mol. The first-order valence-corrected chi connectivity index (χ1v) is 5.14. The quantitative estimate of drug-likeness (QED) is 0.779. The van der Waals surface area contributed by atoms with Gasteiger partial charge in [-0.1, -0.05) is 0 Å². The zero-order valence-electron chi connectivity index (χ0n) is 7.50. The van der Waals surface area contributed by atoms with Gasteiger partial charge in [0.15, 0.2) is 0 Å². The molecule has 0 saturated carbocycles. The lowest BCUT2D eigenvalue weighted by atomic mass is 10.1. The summed E-state index contributed by atoms with van der Waals surface area (Å²) in [5.74, 6) is 0.984. The summed E-state index contributed by atoms with van der Waals surface area (Å²) in [5, 5.41) is 0. The molecular formula is C9H11BrN4. The molecule has 74 valence electrons. The van der Waals surface area contributed by atoms with E-state index in [2.05, 4.69) is 30.9 Å². The number of imidazole rings is 1. The van der Waals surface area contributed by atoms with Gasteiger partial charge in [-0.15, -0.1) is 0 Å². The number of nitrogens with zero attached hydrogens (tertiary/aromatic N) is 1. The fraction of sp³-hybridized carbons (Fsp3) is 0.222. The third-order valence-corrected chi connectivity index (χ3v) is 2.53. The van der Waals surface area contributed by atoms with Crippen LogP contribution < -0.4 is 5.73 Å². The van der Waals surface area contributed by atoms with E-state index >= 15 is 0 Å². The number of nitrogens with two attached hydrogens (primary N) is 1. The molecule has 0 aliphatic carbocycles. The average molecular weight is 255 g/mol. The average Bonchev–Trinajstić information content (AvgIpc) is 2.79. The SMILES string of the molecule is NCC(c1ccc[nH]1)c1ncc(Br)[nH]1. The van der Waals surface area contributed by atoms with Crippen LogP contribution in [-0.4, -0.2) is 21.5 Å². The molecule has 1 atom stereocenters. The van der Waals surface area contributed by atoms with Gasteiger partial charge in [0.05, 0.1) is 12.1 Å². The zero-order chi connectivity index (χ0) is 9.97. The monoisotopic (exact) mass is 254 g/mol. The van der Waals surface area contributed by atoms with Gasteiger partial charge in [-0.2, -0.15) is 0 Å². The Morgan fingerprint density at radius 3 is 2.93 bits per heavy atom. The second kappa shape index (κ2) is 3.98. The van der Waals surface area contributed by atoms with Crippen LogP contribution in [0, 0.1) is 0 Å². The maximum atomic E-state index is 5.71. The Bertz CT molecular complexity index is 393. The summed E-state index contributed by atoms with van der Waals surface area (Å²) >= 11 is 3.32. The fourth-order valence-electron chi connectivity index (χ4n) is 1.44. The Balaban J connectivity index is 2.31. The molecule has 5 heteroatoms. The number of H-pyrrole nitrogens is 2. The molecule has 2 heterocycles. The van der Waals surface area contributed by atoms with E-state index in [1.54, 1.807) is 6.20 Å². The van der Waals surface area contributed by atoms with Gasteiger partial charge in [0.2, 0.25) is 0 Å². The minimum Gasteiger partial charge on any atom is -0.364 e. The Kier molecular flexibility index (Phi) is 2.69. The third-order valence-electron chi connectivity index (χ3n) is 2.13. The predicted molar refractivity (Wildman–Crippen MR) is 58.0 cm³/mol. The number of rotatable bonds is 3. The molecule has 0 aliphatic rings. The van der Waals surface area contributed by atoms with Gasteiger partial charge in [0.1, 0.15) is 10.4 Å². The first-order chi connectivity index (χ1) is 6.81. The maximum absolute atomic E-state index is 5.71. The van der Waals surface area contributed by atoms with Gasteiger partial charge in [0, 0.05) is 18.4 Å². The van der Waals surface area contributed by atoms with Gasteiger partial charge in [0.25, 0.3) is 0 Å². The number of halogens is 1. The molecule has 4 nitrogen and oxygen atoms in total. The lowest BCUT2D eigenvalue weighted by molar-refractivity contribution is 0.744. The molecule has 4 N–H and O–H groups in total. The second-order valence-corrected chi connectivity index (χ2v) is 3.88. The van der Waals surface area contributed by atoms with Crippen molar-refractivity contribution in [3.05, 3.63) is 40.6 Å². The van der Waals surface area contributed by atoms with Crippen molar-refractivity contribution in [2.45, 2.75) is 5.92 Å². The summed E-state index contributed by atoms with van der Waals surface area (Å²) in [6, 6.07) is 3.96. The van der Waals surface area contributed by atoms with Crippen LogP contribution in [0.4, 0.5) is 0 Å². The molecule has 2 aromatic rings. The Hall–Kier alpha value is -1.07. The van der Waals surface area contributed by atoms with Gasteiger partial charge in [-0.05, 0) is 28.1 Å². The predicted octanol–water partition coefficient (Wildman–Crippen LogP) is 1.59. The van der Waals surface area contributed by atoms with Crippen LogP contribution in [0.15, 0.2) is 29.1 Å². The number of hydrogen-bond donors (Lipinski definition) is 3. The molecule has 0 aliphatic heterocycles. The van der Waals surface area contributed by atoms with Crippen LogP contribution in [0.5, 0.6) is 0 Å². The van der Waals surface area contributed by atoms with Crippen molar-refractivity contribution in [2.75, 3.05) is 6.54 Å². The van der Waals surface area contributed by atoms with E-state index in [-0.39, 0.29) is 5.92 Å². The lowest BCUT2D eigenvalue weighted by Crippen LogP contribution is -2.15. The van der Waals surface area contributed by atoms with E-state index in [9.17, 15) is 0 Å². The van der Waals surface area contributed by atoms with E-state index in [0.29, 0.717) is 6.54 Å². The van der Waals surface area contributed by atoms with E-state index in [1.807, 2.05) is 18.3 Å². The molecule has 2 rings (SSSR count). The minimum atomic E-state index is 0.108. The minimum absolute atomic E-state index is 0.108. The van der Waals surface area contributed by atoms with Gasteiger partial charge in [-0.3, -0.25) is 0 Å². The summed E-state index contributed by atoms with van der Waals surface area (Å²) in [6.45, 7) is 0.528. The fourth-order valence-corrected chi connectivity index (χ4v) is 1.74. The molecule has 0 saturated heterocycles. The summed E-state index contributed by atoms with van der Waals surface area (Å²) in [4.78, 5) is 10.5. The topological polar surface area (TPSA) is 70.5 Å². The van der Waals surface area contributed by atoms with Crippen molar-refractivity contribution < 1.29 is 0 Å². The number of hydrogen-bond acceptors (Lipinski definition) is 2. The summed E-state index contributed by atoms with van der Waals surface area (Å²) in [7, 11) is 0. The Labute approximate surface area is 90.1 Å². The van der Waals surface area contributed by atoms with E-state index in [4.69, 9.17) is 5.73 Å². The molecule has 0 aromatic carbocycles. The van der Waals surface area contributed by atoms with E-state index in [1.165, 1.54) is 0 Å². The van der Waals surface area contributed by atoms with Crippen LogP contribution in [0.1, 0.15) is 17.4 Å². The van der Waals surface area contributed by atoms with Crippen molar-refractivity contribution in [3.8, 4) is 0 Å². The Morgan fingerprint density at radius 2 is 2.43 bits per heavy atom. The molecule has 0 fully saturated rings. The maximum Gasteiger partial charge on any atom is 0.117 e. The van der Waals surface area contributed by atoms with Crippen molar-refractivity contribution >= 4 is 15.9 Å². The van der Waals surface area contributed by atoms with Gasteiger partial charge >= 0.3 is 0 Å². The highest BCUT2D eigenvalue weighted by Crippen LogP contribution is 2.20. The first-order valence-electron chi connectivity index (χ1n) is 4.35. The molecule has 2 aromatic heterocycles. The summed E-state index contributed by atoms with van der Waals surface area (Å²) < 4.78 is 0.873. The number of aromatic nitrogens is 3. The van der Waals surface area contributed by atoms with Gasteiger partial charge in [-0.25, -0.2) is 4.98 Å². The normalized spacial score (nSPS) is 13.0. The smallest absolute Gasteiger partial charge is 0.117 e. The van der Waals surface area contributed by atoms with Gasteiger partial charge < -0.3 is 15.7 Å². The zero-order valence-corrected chi connectivity index (χ0v) is 9.08. The second-order valence-electron chi connectivity index (χ2n) is 3.03. The summed E-state index contributed by atoms with van der Waals surface area (Å²) in [6.07, 6.45) is 3.62. The van der Waals surface area contributed by atoms with E-state index < -0.39 is 0 Å². The molecule has 0 spiro atoms. The number of nitrogens with one attached hydrogen (secondary N) is 2. The largest absolute Gasteiger partial charge is 0.364 e. The molecule has 0 bridgehead atoms. The standard InChI is InChI=1S/C9H11BrN4/c10-8-5-13-9(14-8)6(4-11)7-2-1-3-12-7/h1-3,5-6,12H,4,11H2,(H,13,14). The van der Waals surface area contributed by atoms with Crippen molar-refractivity contribution in [2.24, 2.45) is 5.73 Å². The Morgan fingerprint density at radius 1 is 1.57 bits per heavy atom. The van der Waals surface area contributed by atoms with Crippen molar-refractivity contribution in [3.63, 3.8) is 0 Å². The molecule has 0 amide bonds. The highest BCUT2D eigenvalue weighted by atomic mass is 79.9. The van der Waals surface area contributed by atoms with Crippen LogP contribution in [-0.2, 0) is 0 Å². The van der Waals surface area contributed by atoms with Crippen LogP contribution >= 0.6 is 15.9 Å². The lowest BCUT2D eigenvalue weighted by Gasteiger charge is -2.09. The highest BCUT2D eigenvalue weighted by molar-refractivity contribution is 9.10. The highest BCUT2D eigenvalue weighted by Gasteiger charge is 2.15. The van der Waals surface area contributed by atoms with Crippen LogP contribution in [0.25, 0.3) is 0 Å².